The summed E-state index contributed by atoms with van der Waals surface area (Å²) >= 11 is 0. The third-order valence-electron chi connectivity index (χ3n) is 1.50. The molecule has 1 fully saturated rings. The van der Waals surface area contributed by atoms with E-state index in [2.05, 4.69) is 0 Å². The highest BCUT2D eigenvalue weighted by Gasteiger charge is 2.38. The smallest absolute Gasteiger partial charge is 0.321 e. The highest BCUT2D eigenvalue weighted by Crippen LogP contribution is 2.17. The van der Waals surface area contributed by atoms with Gasteiger partial charge in [-0.3, -0.25) is 0 Å². The number of imide groups is 1. The topological polar surface area (TPSA) is 57.2 Å². The highest BCUT2D eigenvalue weighted by atomic mass is 16.6. The lowest BCUT2D eigenvalue weighted by Crippen LogP contribution is -2.42. The zero-order valence-corrected chi connectivity index (χ0v) is 5.09. The molecule has 0 aromatic rings. The molecule has 50 valence electrons. The minimum Gasteiger partial charge on any atom is -0.618 e. The Balaban J connectivity index is 2.91. The SMILES string of the molecule is C[N+]1([O-])C(=O)CCC1=O. The van der Waals surface area contributed by atoms with Crippen LogP contribution in [0.2, 0.25) is 0 Å². The Labute approximate surface area is 52.2 Å². The fourth-order valence-electron chi connectivity index (χ4n) is 0.780. The number of amides is 2. The molecular weight excluding hydrogens is 122 g/mol. The van der Waals surface area contributed by atoms with Gasteiger partial charge in [0, 0.05) is 0 Å². The van der Waals surface area contributed by atoms with Crippen molar-refractivity contribution in [1.82, 2.24) is 0 Å². The van der Waals surface area contributed by atoms with Gasteiger partial charge in [0.05, 0.1) is 19.9 Å². The third-order valence-corrected chi connectivity index (χ3v) is 1.50. The number of nitrogens with zero attached hydrogens (tertiary/aromatic N) is 1. The van der Waals surface area contributed by atoms with Gasteiger partial charge in [-0.2, -0.15) is 0 Å². The van der Waals surface area contributed by atoms with Crippen molar-refractivity contribution in [2.75, 3.05) is 7.05 Å². The maximum Gasteiger partial charge on any atom is 0.321 e. The van der Waals surface area contributed by atoms with Crippen LogP contribution in [0.3, 0.4) is 0 Å². The molecule has 0 unspecified atom stereocenters. The third kappa shape index (κ3) is 0.760. The molecule has 0 aromatic carbocycles. The first-order valence-electron chi connectivity index (χ1n) is 2.69. The van der Waals surface area contributed by atoms with Crippen molar-refractivity contribution in [2.24, 2.45) is 0 Å². The van der Waals surface area contributed by atoms with Gasteiger partial charge in [0.25, 0.3) is 0 Å². The Morgan fingerprint density at radius 3 is 1.78 bits per heavy atom. The van der Waals surface area contributed by atoms with Crippen LogP contribution in [0.15, 0.2) is 0 Å². The number of carbonyl (C=O) groups is 2. The molecule has 0 spiro atoms. The van der Waals surface area contributed by atoms with Crippen molar-refractivity contribution < 1.29 is 14.2 Å². The molecule has 1 aliphatic heterocycles. The summed E-state index contributed by atoms with van der Waals surface area (Å²) in [5, 5.41) is 10.8. The first kappa shape index (κ1) is 6.38. The molecule has 0 aromatic heterocycles. The van der Waals surface area contributed by atoms with Crippen molar-refractivity contribution in [2.45, 2.75) is 12.8 Å². The van der Waals surface area contributed by atoms with Crippen LogP contribution < -0.4 is 0 Å². The minimum atomic E-state index is -1.31. The molecule has 0 aliphatic carbocycles. The van der Waals surface area contributed by atoms with E-state index in [1.54, 1.807) is 0 Å². The number of hydroxylamine groups is 3. The average Bonchev–Trinajstić information content (AvgIpc) is 1.96. The molecule has 0 saturated carbocycles. The summed E-state index contributed by atoms with van der Waals surface area (Å²) in [6.07, 6.45) is 0.220. The fraction of sp³-hybridized carbons (Fsp3) is 0.600. The predicted octanol–water partition coefficient (Wildman–Crippen LogP) is -0.222. The number of hydrogen-bond acceptors (Lipinski definition) is 3. The van der Waals surface area contributed by atoms with Crippen molar-refractivity contribution in [1.29, 1.82) is 0 Å². The second-order valence-corrected chi connectivity index (χ2v) is 2.21. The van der Waals surface area contributed by atoms with Gasteiger partial charge in [-0.05, 0) is 0 Å². The molecule has 0 bridgehead atoms. The normalized spacial score (nSPS) is 25.1. The number of rotatable bonds is 0. The van der Waals surface area contributed by atoms with Crippen molar-refractivity contribution in [3.05, 3.63) is 5.21 Å². The zero-order valence-electron chi connectivity index (χ0n) is 5.09. The van der Waals surface area contributed by atoms with Crippen LogP contribution in [0.5, 0.6) is 0 Å². The Morgan fingerprint density at radius 1 is 1.33 bits per heavy atom. The lowest BCUT2D eigenvalue weighted by Gasteiger charge is -2.26. The lowest BCUT2D eigenvalue weighted by molar-refractivity contribution is -0.696. The monoisotopic (exact) mass is 129 g/mol. The van der Waals surface area contributed by atoms with E-state index in [1.807, 2.05) is 0 Å². The van der Waals surface area contributed by atoms with E-state index >= 15 is 0 Å². The molecule has 4 heteroatoms. The second kappa shape index (κ2) is 1.62. The van der Waals surface area contributed by atoms with Crippen LogP contribution in [0.1, 0.15) is 12.8 Å². The summed E-state index contributed by atoms with van der Waals surface area (Å²) in [6, 6.07) is 0. The Hall–Kier alpha value is -0.740. The molecule has 9 heavy (non-hydrogen) atoms. The standard InChI is InChI=1S/C5H7NO3/c1-6(9)4(7)2-3-5(6)8/h2-3H2,1H3. The first-order valence-corrected chi connectivity index (χ1v) is 2.69. The van der Waals surface area contributed by atoms with Crippen LogP contribution in [0, 0.1) is 5.21 Å². The average molecular weight is 129 g/mol. The maximum atomic E-state index is 10.8. The number of likely N-dealkylation sites (tertiary alicyclic amines) is 1. The number of quaternary nitrogens is 1. The van der Waals surface area contributed by atoms with Gasteiger partial charge in [0.2, 0.25) is 0 Å². The first-order chi connectivity index (χ1) is 4.05. The zero-order chi connectivity index (χ0) is 7.07. The van der Waals surface area contributed by atoms with Crippen LogP contribution in [-0.4, -0.2) is 23.5 Å². The molecule has 1 heterocycles. The number of hydrogen-bond donors (Lipinski definition) is 0. The van der Waals surface area contributed by atoms with Gasteiger partial charge < -0.3 is 5.21 Å². The molecular formula is C5H7NO3. The number of carbonyl (C=O) groups excluding carboxylic acids is 2. The van der Waals surface area contributed by atoms with Crippen molar-refractivity contribution in [3.63, 3.8) is 0 Å². The van der Waals surface area contributed by atoms with E-state index < -0.39 is 16.5 Å². The van der Waals surface area contributed by atoms with Crippen LogP contribution in [0.25, 0.3) is 0 Å². The Bertz CT molecular complexity index is 155. The molecule has 2 amide bonds. The van der Waals surface area contributed by atoms with Crippen molar-refractivity contribution in [3.8, 4) is 0 Å². The van der Waals surface area contributed by atoms with E-state index in [4.69, 9.17) is 0 Å². The Kier molecular flexibility index (Phi) is 1.15. The Morgan fingerprint density at radius 2 is 1.67 bits per heavy atom. The van der Waals surface area contributed by atoms with E-state index in [9.17, 15) is 14.8 Å². The van der Waals surface area contributed by atoms with Crippen LogP contribution in [-0.2, 0) is 9.59 Å². The molecule has 0 N–H and O–H groups in total. The predicted molar refractivity (Wildman–Crippen MR) is 28.8 cm³/mol. The lowest BCUT2D eigenvalue weighted by atomic mass is 10.4. The summed E-state index contributed by atoms with van der Waals surface area (Å²) in [5.41, 5.74) is 0. The summed E-state index contributed by atoms with van der Waals surface area (Å²) in [5.74, 6) is -1.06. The van der Waals surface area contributed by atoms with Crippen LogP contribution in [0.4, 0.5) is 0 Å². The fourth-order valence-corrected chi connectivity index (χ4v) is 0.780. The highest BCUT2D eigenvalue weighted by molar-refractivity contribution is 5.91. The van der Waals surface area contributed by atoms with E-state index in [1.165, 1.54) is 0 Å². The van der Waals surface area contributed by atoms with Gasteiger partial charge >= 0.3 is 11.8 Å². The molecule has 1 aliphatic rings. The van der Waals surface area contributed by atoms with Gasteiger partial charge in [0.1, 0.15) is 0 Å². The van der Waals surface area contributed by atoms with Gasteiger partial charge in [0.15, 0.2) is 0 Å². The van der Waals surface area contributed by atoms with Crippen LogP contribution >= 0.6 is 0 Å². The molecule has 4 nitrogen and oxygen atoms in total. The summed E-state index contributed by atoms with van der Waals surface area (Å²) in [6.45, 7) is 0. The summed E-state index contributed by atoms with van der Waals surface area (Å²) in [4.78, 5) is 21.1. The maximum absolute atomic E-state index is 10.8. The molecule has 0 atom stereocenters. The minimum absolute atomic E-state index is 0.110. The molecule has 0 radical (unpaired) electrons. The second-order valence-electron chi connectivity index (χ2n) is 2.21. The quantitative estimate of drug-likeness (QED) is 0.258. The van der Waals surface area contributed by atoms with Gasteiger partial charge in [-0.15, -0.1) is 0 Å². The van der Waals surface area contributed by atoms with E-state index in [-0.39, 0.29) is 12.8 Å². The van der Waals surface area contributed by atoms with E-state index in [0.29, 0.717) is 0 Å². The summed E-state index contributed by atoms with van der Waals surface area (Å²) < 4.78 is -1.31. The van der Waals surface area contributed by atoms with E-state index in [0.717, 1.165) is 7.05 Å². The van der Waals surface area contributed by atoms with Crippen molar-refractivity contribution >= 4 is 11.8 Å². The van der Waals surface area contributed by atoms with Gasteiger partial charge in [-0.25, -0.2) is 14.2 Å². The largest absolute Gasteiger partial charge is 0.618 e. The molecule has 1 saturated heterocycles. The molecule has 1 rings (SSSR count). The van der Waals surface area contributed by atoms with Gasteiger partial charge in [-0.1, -0.05) is 0 Å². The summed E-state index contributed by atoms with van der Waals surface area (Å²) in [7, 11) is 1.08.